The van der Waals surface area contributed by atoms with E-state index in [0.717, 1.165) is 19.4 Å². The van der Waals surface area contributed by atoms with E-state index < -0.39 is 0 Å². The van der Waals surface area contributed by atoms with Crippen LogP contribution in [0, 0.1) is 24.1 Å². The molecular formula is C13H15FN2O. The lowest BCUT2D eigenvalue weighted by Gasteiger charge is -2.14. The molecule has 2 rings (SSSR count). The Balaban J connectivity index is 2.09. The van der Waals surface area contributed by atoms with Gasteiger partial charge < -0.3 is 10.1 Å². The van der Waals surface area contributed by atoms with Gasteiger partial charge in [-0.25, -0.2) is 4.39 Å². The van der Waals surface area contributed by atoms with Crippen LogP contribution in [0.2, 0.25) is 0 Å². The van der Waals surface area contributed by atoms with E-state index in [1.165, 1.54) is 6.07 Å². The lowest BCUT2D eigenvalue weighted by Crippen LogP contribution is -2.19. The number of nitrogens with one attached hydrogen (secondary N) is 1. The quantitative estimate of drug-likeness (QED) is 0.874. The van der Waals surface area contributed by atoms with Gasteiger partial charge in [-0.15, -0.1) is 0 Å². The zero-order valence-corrected chi connectivity index (χ0v) is 9.79. The molecule has 1 aromatic carbocycles. The predicted molar refractivity (Wildman–Crippen MR) is 63.3 cm³/mol. The smallest absolute Gasteiger partial charge is 0.129 e. The Hall–Kier alpha value is -1.60. The van der Waals surface area contributed by atoms with Crippen LogP contribution in [0.1, 0.15) is 24.0 Å². The zero-order valence-electron chi connectivity index (χ0n) is 9.79. The number of benzene rings is 1. The number of ether oxygens (including phenoxy) is 1. The van der Waals surface area contributed by atoms with Gasteiger partial charge in [0.05, 0.1) is 17.7 Å². The largest absolute Gasteiger partial charge is 0.382 e. The summed E-state index contributed by atoms with van der Waals surface area (Å²) in [5.41, 5.74) is 1.56. The molecule has 0 amide bonds. The maximum absolute atomic E-state index is 13.5. The van der Waals surface area contributed by atoms with Crippen molar-refractivity contribution in [2.24, 2.45) is 0 Å². The summed E-state index contributed by atoms with van der Waals surface area (Å²) in [5.74, 6) is -0.348. The van der Waals surface area contributed by atoms with Gasteiger partial charge in [-0.2, -0.15) is 5.26 Å². The Morgan fingerprint density at radius 3 is 3.06 bits per heavy atom. The van der Waals surface area contributed by atoms with Crippen LogP contribution in [-0.2, 0) is 4.74 Å². The van der Waals surface area contributed by atoms with Gasteiger partial charge >= 0.3 is 0 Å². The number of anilines is 1. The van der Waals surface area contributed by atoms with Crippen LogP contribution in [0.5, 0.6) is 0 Å². The van der Waals surface area contributed by atoms with Crippen molar-refractivity contribution < 1.29 is 9.13 Å². The molecular weight excluding hydrogens is 219 g/mol. The number of hydrogen-bond acceptors (Lipinski definition) is 3. The second-order valence-electron chi connectivity index (χ2n) is 4.26. The van der Waals surface area contributed by atoms with Crippen LogP contribution in [0.25, 0.3) is 0 Å². The minimum absolute atomic E-state index is 0.197. The van der Waals surface area contributed by atoms with Crippen LogP contribution in [0.4, 0.5) is 10.1 Å². The molecule has 17 heavy (non-hydrogen) atoms. The van der Waals surface area contributed by atoms with Crippen molar-refractivity contribution in [2.45, 2.75) is 25.9 Å². The fourth-order valence-corrected chi connectivity index (χ4v) is 1.96. The Morgan fingerprint density at radius 1 is 1.59 bits per heavy atom. The first kappa shape index (κ1) is 11.9. The molecule has 1 heterocycles. The molecule has 0 bridgehead atoms. The number of halogens is 1. The van der Waals surface area contributed by atoms with Gasteiger partial charge in [-0.3, -0.25) is 0 Å². The van der Waals surface area contributed by atoms with Crippen molar-refractivity contribution in [1.82, 2.24) is 0 Å². The monoisotopic (exact) mass is 234 g/mol. The molecule has 3 nitrogen and oxygen atoms in total. The van der Waals surface area contributed by atoms with Gasteiger partial charge in [0.25, 0.3) is 0 Å². The summed E-state index contributed by atoms with van der Waals surface area (Å²) in [7, 11) is 0. The summed E-state index contributed by atoms with van der Waals surface area (Å²) >= 11 is 0. The molecule has 1 aliphatic rings. The van der Waals surface area contributed by atoms with E-state index in [9.17, 15) is 4.39 Å². The molecule has 0 radical (unpaired) electrons. The Bertz CT molecular complexity index is 447. The van der Waals surface area contributed by atoms with E-state index in [0.29, 0.717) is 23.4 Å². The molecule has 1 saturated heterocycles. The van der Waals surface area contributed by atoms with E-state index in [-0.39, 0.29) is 11.9 Å². The van der Waals surface area contributed by atoms with Gasteiger partial charge in [-0.1, -0.05) is 0 Å². The minimum Gasteiger partial charge on any atom is -0.382 e. The minimum atomic E-state index is -0.348. The fraction of sp³-hybridized carbons (Fsp3) is 0.462. The SMILES string of the molecule is Cc1c(F)cc(C#N)cc1NCC1CCCO1. The third-order valence-electron chi connectivity index (χ3n) is 3.02. The summed E-state index contributed by atoms with van der Waals surface area (Å²) < 4.78 is 19.0. The molecule has 0 spiro atoms. The van der Waals surface area contributed by atoms with Crippen molar-refractivity contribution in [3.8, 4) is 6.07 Å². The first-order valence-electron chi connectivity index (χ1n) is 5.76. The van der Waals surface area contributed by atoms with Crippen molar-refractivity contribution in [3.63, 3.8) is 0 Å². The lowest BCUT2D eigenvalue weighted by molar-refractivity contribution is 0.120. The van der Waals surface area contributed by atoms with Crippen LogP contribution >= 0.6 is 0 Å². The maximum Gasteiger partial charge on any atom is 0.129 e. The van der Waals surface area contributed by atoms with Gasteiger partial charge in [0.15, 0.2) is 0 Å². The highest BCUT2D eigenvalue weighted by atomic mass is 19.1. The van der Waals surface area contributed by atoms with Crippen LogP contribution < -0.4 is 5.32 Å². The summed E-state index contributed by atoms with van der Waals surface area (Å²) in [6.45, 7) is 3.17. The van der Waals surface area contributed by atoms with E-state index in [1.54, 1.807) is 13.0 Å². The highest BCUT2D eigenvalue weighted by molar-refractivity contribution is 5.55. The first-order valence-corrected chi connectivity index (χ1v) is 5.76. The Kier molecular flexibility index (Phi) is 3.60. The normalized spacial score (nSPS) is 19.0. The molecule has 1 atom stereocenters. The summed E-state index contributed by atoms with van der Waals surface area (Å²) in [5, 5.41) is 11.9. The predicted octanol–water partition coefficient (Wildman–Crippen LogP) is 2.60. The highest BCUT2D eigenvalue weighted by Gasteiger charge is 2.16. The van der Waals surface area contributed by atoms with E-state index >= 15 is 0 Å². The Labute approximate surface area is 100 Å². The molecule has 0 aliphatic carbocycles. The standard InChI is InChI=1S/C13H15FN2O/c1-9-12(14)5-10(7-15)6-13(9)16-8-11-3-2-4-17-11/h5-6,11,16H,2-4,8H2,1H3. The van der Waals surface area contributed by atoms with E-state index in [1.807, 2.05) is 6.07 Å². The third-order valence-corrected chi connectivity index (χ3v) is 3.02. The van der Waals surface area contributed by atoms with Gasteiger partial charge in [-0.05, 0) is 31.9 Å². The third kappa shape index (κ3) is 2.75. The van der Waals surface area contributed by atoms with Crippen molar-refractivity contribution in [3.05, 3.63) is 29.1 Å². The number of nitrogens with zero attached hydrogens (tertiary/aromatic N) is 1. The van der Waals surface area contributed by atoms with Gasteiger partial charge in [0, 0.05) is 24.4 Å². The van der Waals surface area contributed by atoms with Crippen LogP contribution in [0.15, 0.2) is 12.1 Å². The first-order chi connectivity index (χ1) is 8.20. The lowest BCUT2D eigenvalue weighted by atomic mass is 10.1. The van der Waals surface area contributed by atoms with Crippen LogP contribution in [0.3, 0.4) is 0 Å². The second kappa shape index (κ2) is 5.15. The molecule has 4 heteroatoms. The molecule has 1 fully saturated rings. The van der Waals surface area contributed by atoms with E-state index in [4.69, 9.17) is 10.00 Å². The molecule has 1 aliphatic heterocycles. The molecule has 0 saturated carbocycles. The number of rotatable bonds is 3. The molecule has 1 aromatic rings. The molecule has 1 N–H and O–H groups in total. The maximum atomic E-state index is 13.5. The second-order valence-corrected chi connectivity index (χ2v) is 4.26. The average Bonchev–Trinajstić information content (AvgIpc) is 2.84. The van der Waals surface area contributed by atoms with Crippen molar-refractivity contribution >= 4 is 5.69 Å². The van der Waals surface area contributed by atoms with Crippen molar-refractivity contribution in [2.75, 3.05) is 18.5 Å². The number of nitriles is 1. The average molecular weight is 234 g/mol. The van der Waals surface area contributed by atoms with Gasteiger partial charge in [0.2, 0.25) is 0 Å². The summed E-state index contributed by atoms with van der Waals surface area (Å²) in [4.78, 5) is 0. The van der Waals surface area contributed by atoms with Gasteiger partial charge in [0.1, 0.15) is 5.82 Å². The van der Waals surface area contributed by atoms with Crippen LogP contribution in [-0.4, -0.2) is 19.3 Å². The topological polar surface area (TPSA) is 45.0 Å². The fourth-order valence-electron chi connectivity index (χ4n) is 1.96. The zero-order chi connectivity index (χ0) is 12.3. The summed E-state index contributed by atoms with van der Waals surface area (Å²) in [6.07, 6.45) is 2.31. The number of hydrogen-bond donors (Lipinski definition) is 1. The molecule has 1 unspecified atom stereocenters. The highest BCUT2D eigenvalue weighted by Crippen LogP contribution is 2.21. The Morgan fingerprint density at radius 2 is 2.41 bits per heavy atom. The summed E-state index contributed by atoms with van der Waals surface area (Å²) in [6, 6.07) is 4.88. The van der Waals surface area contributed by atoms with Crippen molar-refractivity contribution in [1.29, 1.82) is 5.26 Å². The molecule has 90 valence electrons. The molecule has 0 aromatic heterocycles. The van der Waals surface area contributed by atoms with E-state index in [2.05, 4.69) is 5.32 Å².